The van der Waals surface area contributed by atoms with E-state index in [2.05, 4.69) is 6.58 Å². The predicted molar refractivity (Wildman–Crippen MR) is 101 cm³/mol. The Morgan fingerprint density at radius 2 is 1.78 bits per heavy atom. The quantitative estimate of drug-likeness (QED) is 0.381. The molecule has 1 fully saturated rings. The Labute approximate surface area is 160 Å². The summed E-state index contributed by atoms with van der Waals surface area (Å²) in [6.45, 7) is 5.60. The highest BCUT2D eigenvalue weighted by molar-refractivity contribution is 7.86. The molecule has 2 rings (SSSR count). The molecule has 1 saturated carbocycles. The van der Waals surface area contributed by atoms with Crippen LogP contribution in [0.5, 0.6) is 0 Å². The largest absolute Gasteiger partial charge is 0.462 e. The molecule has 1 atom stereocenters. The van der Waals surface area contributed by atoms with Gasteiger partial charge in [-0.3, -0.25) is 13.8 Å². The number of ketones is 1. The molecule has 27 heavy (non-hydrogen) atoms. The highest BCUT2D eigenvalue weighted by atomic mass is 32.2. The Kier molecular flexibility index (Phi) is 6.95. The minimum atomic E-state index is -4.11. The monoisotopic (exact) mass is 394 g/mol. The van der Waals surface area contributed by atoms with Gasteiger partial charge >= 0.3 is 5.97 Å². The van der Waals surface area contributed by atoms with Gasteiger partial charge in [0, 0.05) is 0 Å². The van der Waals surface area contributed by atoms with Gasteiger partial charge in [0.25, 0.3) is 10.1 Å². The number of esters is 1. The summed E-state index contributed by atoms with van der Waals surface area (Å²) in [6, 6.07) is 5.95. The van der Waals surface area contributed by atoms with Crippen LogP contribution in [0, 0.1) is 5.41 Å². The van der Waals surface area contributed by atoms with Crippen LogP contribution in [-0.2, 0) is 28.6 Å². The van der Waals surface area contributed by atoms with Gasteiger partial charge < -0.3 is 4.74 Å². The van der Waals surface area contributed by atoms with Gasteiger partial charge in [0.2, 0.25) is 0 Å². The molecule has 0 aromatic heterocycles. The molecule has 1 aliphatic rings. The number of carbonyl (C=O) groups is 2. The second-order valence-electron chi connectivity index (χ2n) is 7.04. The third-order valence-electron chi connectivity index (χ3n) is 4.96. The van der Waals surface area contributed by atoms with Crippen LogP contribution in [0.4, 0.5) is 0 Å². The SMILES string of the molecule is C=Cc1ccc(S(=O)(=O)OCC(C)(C(C)=O)C(=O)OC2CCCCC2)cc1. The highest BCUT2D eigenvalue weighted by Gasteiger charge is 2.43. The van der Waals surface area contributed by atoms with Crippen molar-refractivity contribution >= 4 is 27.9 Å². The summed E-state index contributed by atoms with van der Waals surface area (Å²) in [5.74, 6) is -1.24. The number of rotatable bonds is 8. The molecule has 0 aliphatic heterocycles. The van der Waals surface area contributed by atoms with Crippen molar-refractivity contribution in [2.45, 2.75) is 57.0 Å². The number of benzene rings is 1. The number of ether oxygens (including phenoxy) is 1. The maximum atomic E-state index is 12.6. The molecule has 1 aromatic carbocycles. The Hall–Kier alpha value is -1.99. The lowest BCUT2D eigenvalue weighted by atomic mass is 9.87. The van der Waals surface area contributed by atoms with E-state index < -0.39 is 33.9 Å². The average molecular weight is 394 g/mol. The fraction of sp³-hybridized carbons (Fsp3) is 0.500. The van der Waals surface area contributed by atoms with E-state index in [1.807, 2.05) is 0 Å². The Balaban J connectivity index is 2.10. The second kappa shape index (κ2) is 8.80. The Morgan fingerprint density at radius 3 is 2.30 bits per heavy atom. The standard InChI is InChI=1S/C20H26O6S/c1-4-16-10-12-18(13-11-16)27(23,24)25-14-20(3,15(2)21)19(22)26-17-8-6-5-7-9-17/h4,10-13,17H,1,5-9,14H2,2-3H3. The molecular formula is C20H26O6S. The van der Waals surface area contributed by atoms with Gasteiger partial charge in [-0.15, -0.1) is 0 Å². The van der Waals surface area contributed by atoms with E-state index in [1.165, 1.54) is 26.0 Å². The van der Waals surface area contributed by atoms with Crippen molar-refractivity contribution in [2.75, 3.05) is 6.61 Å². The summed E-state index contributed by atoms with van der Waals surface area (Å²) in [4.78, 5) is 24.6. The van der Waals surface area contributed by atoms with Crippen molar-refractivity contribution in [1.29, 1.82) is 0 Å². The van der Waals surface area contributed by atoms with Crippen LogP contribution in [0.25, 0.3) is 6.08 Å². The van der Waals surface area contributed by atoms with Crippen LogP contribution < -0.4 is 0 Å². The first-order chi connectivity index (χ1) is 12.7. The third kappa shape index (κ3) is 5.26. The van der Waals surface area contributed by atoms with Crippen molar-refractivity contribution in [3.8, 4) is 0 Å². The number of hydrogen-bond donors (Lipinski definition) is 0. The molecule has 0 saturated heterocycles. The van der Waals surface area contributed by atoms with Gasteiger partial charge in [0.15, 0.2) is 0 Å². The van der Waals surface area contributed by atoms with Gasteiger partial charge in [-0.1, -0.05) is 31.2 Å². The minimum absolute atomic E-state index is 0.0559. The maximum absolute atomic E-state index is 12.6. The molecule has 0 radical (unpaired) electrons. The van der Waals surface area contributed by atoms with Crippen molar-refractivity contribution in [3.05, 3.63) is 36.4 Å². The fourth-order valence-electron chi connectivity index (χ4n) is 2.80. The van der Waals surface area contributed by atoms with Gasteiger partial charge in [-0.05, 0) is 57.2 Å². The summed E-state index contributed by atoms with van der Waals surface area (Å²) in [7, 11) is -4.11. The van der Waals surface area contributed by atoms with Crippen LogP contribution in [0.15, 0.2) is 35.7 Å². The predicted octanol–water partition coefficient (Wildman–Crippen LogP) is 3.51. The summed E-state index contributed by atoms with van der Waals surface area (Å²) in [5, 5.41) is 0. The van der Waals surface area contributed by atoms with Gasteiger partial charge in [0.1, 0.15) is 17.3 Å². The van der Waals surface area contributed by atoms with E-state index in [0.29, 0.717) is 0 Å². The van der Waals surface area contributed by atoms with Gasteiger partial charge in [0.05, 0.1) is 11.5 Å². The molecule has 1 aliphatic carbocycles. The zero-order valence-corrected chi connectivity index (χ0v) is 16.6. The van der Waals surface area contributed by atoms with Crippen LogP contribution in [0.1, 0.15) is 51.5 Å². The lowest BCUT2D eigenvalue weighted by Crippen LogP contribution is -2.43. The lowest BCUT2D eigenvalue weighted by molar-refractivity contribution is -0.166. The van der Waals surface area contributed by atoms with Crippen LogP contribution in [0.3, 0.4) is 0 Å². The van der Waals surface area contributed by atoms with E-state index in [9.17, 15) is 18.0 Å². The highest BCUT2D eigenvalue weighted by Crippen LogP contribution is 2.28. The van der Waals surface area contributed by atoms with E-state index in [4.69, 9.17) is 8.92 Å². The van der Waals surface area contributed by atoms with Crippen molar-refractivity contribution < 1.29 is 26.9 Å². The van der Waals surface area contributed by atoms with Crippen LogP contribution in [-0.4, -0.2) is 32.9 Å². The number of hydrogen-bond acceptors (Lipinski definition) is 6. The summed E-state index contributed by atoms with van der Waals surface area (Å²) < 4.78 is 35.3. The number of Topliss-reactive ketones (excluding diaryl/α,β-unsaturated/α-hetero) is 1. The smallest absolute Gasteiger partial charge is 0.322 e. The summed E-state index contributed by atoms with van der Waals surface area (Å²) in [6.07, 6.45) is 5.92. The maximum Gasteiger partial charge on any atom is 0.322 e. The molecule has 1 aromatic rings. The molecule has 0 heterocycles. The molecule has 0 N–H and O–H groups in total. The Bertz CT molecular complexity index is 790. The lowest BCUT2D eigenvalue weighted by Gasteiger charge is -2.28. The van der Waals surface area contributed by atoms with Gasteiger partial charge in [-0.25, -0.2) is 0 Å². The topological polar surface area (TPSA) is 86.7 Å². The first-order valence-electron chi connectivity index (χ1n) is 9.03. The molecular weight excluding hydrogens is 368 g/mol. The van der Waals surface area contributed by atoms with Crippen molar-refractivity contribution in [3.63, 3.8) is 0 Å². The zero-order valence-electron chi connectivity index (χ0n) is 15.8. The summed E-state index contributed by atoms with van der Waals surface area (Å²) >= 11 is 0. The van der Waals surface area contributed by atoms with Crippen molar-refractivity contribution in [1.82, 2.24) is 0 Å². The normalized spacial score (nSPS) is 17.7. The van der Waals surface area contributed by atoms with E-state index in [1.54, 1.807) is 18.2 Å². The molecule has 148 valence electrons. The zero-order chi connectivity index (χ0) is 20.1. The first-order valence-corrected chi connectivity index (χ1v) is 10.4. The fourth-order valence-corrected chi connectivity index (χ4v) is 3.80. The van der Waals surface area contributed by atoms with Crippen molar-refractivity contribution in [2.24, 2.45) is 5.41 Å². The number of carbonyl (C=O) groups excluding carboxylic acids is 2. The van der Waals surface area contributed by atoms with E-state index >= 15 is 0 Å². The third-order valence-corrected chi connectivity index (χ3v) is 6.24. The second-order valence-corrected chi connectivity index (χ2v) is 8.66. The molecule has 6 nitrogen and oxygen atoms in total. The molecule has 0 amide bonds. The Morgan fingerprint density at radius 1 is 1.19 bits per heavy atom. The average Bonchev–Trinajstić information content (AvgIpc) is 2.66. The molecule has 7 heteroatoms. The summed E-state index contributed by atoms with van der Waals surface area (Å²) in [5.41, 5.74) is -0.912. The van der Waals surface area contributed by atoms with Gasteiger partial charge in [-0.2, -0.15) is 8.42 Å². The molecule has 1 unspecified atom stereocenters. The molecule has 0 bridgehead atoms. The van der Waals surface area contributed by atoms with Crippen LogP contribution in [0.2, 0.25) is 0 Å². The van der Waals surface area contributed by atoms with E-state index in [0.717, 1.165) is 37.7 Å². The van der Waals surface area contributed by atoms with Crippen LogP contribution >= 0.6 is 0 Å². The minimum Gasteiger partial charge on any atom is -0.462 e. The van der Waals surface area contributed by atoms with E-state index in [-0.39, 0.29) is 11.0 Å². The first kappa shape index (κ1) is 21.3. The molecule has 0 spiro atoms.